The molecule has 0 saturated carbocycles. The van der Waals surface area contributed by atoms with Crippen LogP contribution < -0.4 is 0 Å². The van der Waals surface area contributed by atoms with Crippen molar-refractivity contribution in [2.75, 3.05) is 32.6 Å². The standard InChI is InChI=1S/C12H23ClN2O/c1-11-10-14(2)8-5-9-15(11)12(16)6-3-4-7-13/h11H,3-10H2,1-2H3. The fraction of sp³-hybridized carbons (Fsp3) is 0.917. The number of hydrogen-bond acceptors (Lipinski definition) is 2. The van der Waals surface area contributed by atoms with Crippen LogP contribution in [-0.2, 0) is 4.79 Å². The Labute approximate surface area is 104 Å². The molecular weight excluding hydrogens is 224 g/mol. The number of likely N-dealkylation sites (N-methyl/N-ethyl adjacent to an activating group) is 1. The molecule has 1 heterocycles. The lowest BCUT2D eigenvalue weighted by molar-refractivity contribution is -0.133. The average Bonchev–Trinajstić information content (AvgIpc) is 2.39. The van der Waals surface area contributed by atoms with Crippen LogP contribution in [0.1, 0.15) is 32.6 Å². The van der Waals surface area contributed by atoms with E-state index < -0.39 is 0 Å². The lowest BCUT2D eigenvalue weighted by Gasteiger charge is -2.28. The number of nitrogens with zero attached hydrogens (tertiary/aromatic N) is 2. The zero-order valence-corrected chi connectivity index (χ0v) is 11.2. The molecular formula is C12H23ClN2O. The Morgan fingerprint density at radius 1 is 1.38 bits per heavy atom. The van der Waals surface area contributed by atoms with Gasteiger partial charge in [0.25, 0.3) is 0 Å². The summed E-state index contributed by atoms with van der Waals surface area (Å²) in [7, 11) is 2.12. The maximum atomic E-state index is 12.0. The second-order valence-electron chi connectivity index (χ2n) is 4.70. The van der Waals surface area contributed by atoms with Gasteiger partial charge in [-0.25, -0.2) is 0 Å². The number of unbranched alkanes of at least 4 members (excludes halogenated alkanes) is 1. The van der Waals surface area contributed by atoms with Crippen LogP contribution in [0, 0.1) is 0 Å². The lowest BCUT2D eigenvalue weighted by Crippen LogP contribution is -2.41. The van der Waals surface area contributed by atoms with E-state index in [0.29, 0.717) is 24.2 Å². The second-order valence-corrected chi connectivity index (χ2v) is 5.08. The van der Waals surface area contributed by atoms with Crippen molar-refractivity contribution >= 4 is 17.5 Å². The number of alkyl halides is 1. The van der Waals surface area contributed by atoms with Gasteiger partial charge in [-0.1, -0.05) is 0 Å². The minimum atomic E-state index is 0.299. The first-order valence-corrected chi connectivity index (χ1v) is 6.72. The molecule has 0 bridgehead atoms. The van der Waals surface area contributed by atoms with E-state index in [9.17, 15) is 4.79 Å². The highest BCUT2D eigenvalue weighted by Gasteiger charge is 2.23. The molecule has 94 valence electrons. The molecule has 1 fully saturated rings. The molecule has 0 radical (unpaired) electrons. The smallest absolute Gasteiger partial charge is 0.222 e. The Morgan fingerprint density at radius 3 is 2.81 bits per heavy atom. The SMILES string of the molecule is CC1CN(C)CCCN1C(=O)CCCCCl. The van der Waals surface area contributed by atoms with Crippen LogP contribution in [0.3, 0.4) is 0 Å². The average molecular weight is 247 g/mol. The van der Waals surface area contributed by atoms with E-state index in [2.05, 4.69) is 18.9 Å². The number of amides is 1. The minimum Gasteiger partial charge on any atom is -0.339 e. The summed E-state index contributed by atoms with van der Waals surface area (Å²) in [5.41, 5.74) is 0. The molecule has 0 aromatic rings. The Hall–Kier alpha value is -0.280. The van der Waals surface area contributed by atoms with Crippen molar-refractivity contribution in [2.45, 2.75) is 38.6 Å². The van der Waals surface area contributed by atoms with Crippen molar-refractivity contribution in [3.63, 3.8) is 0 Å². The van der Waals surface area contributed by atoms with Crippen LogP contribution >= 0.6 is 11.6 Å². The maximum Gasteiger partial charge on any atom is 0.222 e. The van der Waals surface area contributed by atoms with Crippen molar-refractivity contribution in [1.29, 1.82) is 0 Å². The quantitative estimate of drug-likeness (QED) is 0.559. The molecule has 0 aliphatic carbocycles. The predicted molar refractivity (Wildman–Crippen MR) is 67.9 cm³/mol. The second kappa shape index (κ2) is 7.13. The van der Waals surface area contributed by atoms with Gasteiger partial charge in [-0.3, -0.25) is 4.79 Å². The Balaban J connectivity index is 2.40. The van der Waals surface area contributed by atoms with Crippen molar-refractivity contribution in [2.24, 2.45) is 0 Å². The molecule has 1 aliphatic heterocycles. The summed E-state index contributed by atoms with van der Waals surface area (Å²) in [5.74, 6) is 0.957. The first-order valence-electron chi connectivity index (χ1n) is 6.19. The van der Waals surface area contributed by atoms with Gasteiger partial charge in [-0.2, -0.15) is 0 Å². The number of carbonyl (C=O) groups excluding carboxylic acids is 1. The number of rotatable bonds is 4. The highest BCUT2D eigenvalue weighted by molar-refractivity contribution is 6.17. The molecule has 1 amide bonds. The Bertz CT molecular complexity index is 223. The summed E-state index contributed by atoms with van der Waals surface area (Å²) in [6.45, 7) is 5.13. The molecule has 0 N–H and O–H groups in total. The van der Waals surface area contributed by atoms with Gasteiger partial charge in [0.05, 0.1) is 0 Å². The van der Waals surface area contributed by atoms with Gasteiger partial charge in [0.2, 0.25) is 5.91 Å². The molecule has 1 atom stereocenters. The predicted octanol–water partition coefficient (Wildman–Crippen LogP) is 1.95. The molecule has 4 heteroatoms. The van der Waals surface area contributed by atoms with Crippen molar-refractivity contribution in [3.8, 4) is 0 Å². The first kappa shape index (κ1) is 13.8. The van der Waals surface area contributed by atoms with E-state index in [-0.39, 0.29) is 0 Å². The number of halogens is 1. The molecule has 1 aliphatic rings. The van der Waals surface area contributed by atoms with Gasteiger partial charge in [0, 0.05) is 31.4 Å². The van der Waals surface area contributed by atoms with Crippen LogP contribution in [0.15, 0.2) is 0 Å². The van der Waals surface area contributed by atoms with E-state index in [4.69, 9.17) is 11.6 Å². The topological polar surface area (TPSA) is 23.6 Å². The lowest BCUT2D eigenvalue weighted by atomic mass is 10.2. The third kappa shape index (κ3) is 4.30. The normalized spacial score (nSPS) is 23.2. The van der Waals surface area contributed by atoms with Gasteiger partial charge in [0.15, 0.2) is 0 Å². The van der Waals surface area contributed by atoms with Crippen LogP contribution in [0.4, 0.5) is 0 Å². The molecule has 1 rings (SSSR count). The molecule has 0 spiro atoms. The van der Waals surface area contributed by atoms with Crippen LogP contribution in [0.2, 0.25) is 0 Å². The summed E-state index contributed by atoms with van der Waals surface area (Å²) in [6.07, 6.45) is 3.60. The molecule has 1 saturated heterocycles. The van der Waals surface area contributed by atoms with Crippen molar-refractivity contribution < 1.29 is 4.79 Å². The van der Waals surface area contributed by atoms with E-state index in [1.54, 1.807) is 0 Å². The van der Waals surface area contributed by atoms with E-state index in [0.717, 1.165) is 38.9 Å². The molecule has 0 aromatic carbocycles. The zero-order chi connectivity index (χ0) is 12.0. The number of carbonyl (C=O) groups is 1. The van der Waals surface area contributed by atoms with Crippen LogP contribution in [-0.4, -0.2) is 54.3 Å². The fourth-order valence-corrected chi connectivity index (χ4v) is 2.45. The highest BCUT2D eigenvalue weighted by atomic mass is 35.5. The largest absolute Gasteiger partial charge is 0.339 e. The molecule has 3 nitrogen and oxygen atoms in total. The molecule has 0 aromatic heterocycles. The minimum absolute atomic E-state index is 0.299. The first-order chi connectivity index (χ1) is 7.65. The van der Waals surface area contributed by atoms with Gasteiger partial charge >= 0.3 is 0 Å². The van der Waals surface area contributed by atoms with E-state index in [1.807, 2.05) is 4.90 Å². The molecule has 1 unspecified atom stereocenters. The van der Waals surface area contributed by atoms with Crippen molar-refractivity contribution in [1.82, 2.24) is 9.80 Å². The Morgan fingerprint density at radius 2 is 2.12 bits per heavy atom. The summed E-state index contributed by atoms with van der Waals surface area (Å²) in [5, 5.41) is 0. The Kier molecular flexibility index (Phi) is 6.14. The van der Waals surface area contributed by atoms with E-state index >= 15 is 0 Å². The summed E-state index contributed by atoms with van der Waals surface area (Å²) >= 11 is 5.61. The van der Waals surface area contributed by atoms with E-state index in [1.165, 1.54) is 0 Å². The fourth-order valence-electron chi connectivity index (χ4n) is 2.26. The van der Waals surface area contributed by atoms with Gasteiger partial charge < -0.3 is 9.80 Å². The van der Waals surface area contributed by atoms with Crippen LogP contribution in [0.5, 0.6) is 0 Å². The molecule has 16 heavy (non-hydrogen) atoms. The zero-order valence-electron chi connectivity index (χ0n) is 10.4. The summed E-state index contributed by atoms with van der Waals surface area (Å²) < 4.78 is 0. The van der Waals surface area contributed by atoms with Gasteiger partial charge in [-0.05, 0) is 39.8 Å². The number of hydrogen-bond donors (Lipinski definition) is 0. The van der Waals surface area contributed by atoms with Gasteiger partial charge in [0.1, 0.15) is 0 Å². The van der Waals surface area contributed by atoms with Crippen LogP contribution in [0.25, 0.3) is 0 Å². The monoisotopic (exact) mass is 246 g/mol. The third-order valence-electron chi connectivity index (χ3n) is 3.14. The highest BCUT2D eigenvalue weighted by Crippen LogP contribution is 2.11. The summed E-state index contributed by atoms with van der Waals surface area (Å²) in [4.78, 5) is 16.3. The van der Waals surface area contributed by atoms with Gasteiger partial charge in [-0.15, -0.1) is 11.6 Å². The third-order valence-corrected chi connectivity index (χ3v) is 3.41. The van der Waals surface area contributed by atoms with Crippen molar-refractivity contribution in [3.05, 3.63) is 0 Å². The summed E-state index contributed by atoms with van der Waals surface area (Å²) in [6, 6.07) is 0.344. The maximum absolute atomic E-state index is 12.0.